The number of hydrogen-bond acceptors (Lipinski definition) is 1. The second kappa shape index (κ2) is 0.774. The van der Waals surface area contributed by atoms with Gasteiger partial charge in [0.25, 0.3) is 0 Å². The van der Waals surface area contributed by atoms with Crippen molar-refractivity contribution in [3.05, 3.63) is 0 Å². The van der Waals surface area contributed by atoms with Crippen LogP contribution in [-0.2, 0) is 0 Å². The minimum absolute atomic E-state index is 1.38. The van der Waals surface area contributed by atoms with Gasteiger partial charge in [-0.15, -0.1) is 0 Å². The maximum atomic E-state index is 2.38. The van der Waals surface area contributed by atoms with Gasteiger partial charge in [0.2, 0.25) is 0 Å². The Balaban J connectivity index is 2.17. The van der Waals surface area contributed by atoms with E-state index in [9.17, 15) is 0 Å². The summed E-state index contributed by atoms with van der Waals surface area (Å²) >= 11 is 1.38. The molecule has 0 aromatic rings. The fourth-order valence-electron chi connectivity index (χ4n) is 0.0707. The predicted octanol–water partition coefficient (Wildman–Crippen LogP) is -0.882. The van der Waals surface area contributed by atoms with Crippen molar-refractivity contribution >= 4 is 18.8 Å². The Kier molecular flexibility index (Phi) is 0.545. The Morgan fingerprint density at radius 1 is 1.50 bits per heavy atom. The molecule has 1 saturated heterocycles. The van der Waals surface area contributed by atoms with Gasteiger partial charge in [-0.1, -0.05) is 0 Å². The van der Waals surface area contributed by atoms with Gasteiger partial charge in [-0.25, -0.2) is 0 Å². The van der Waals surface area contributed by atoms with E-state index in [2.05, 4.69) is 3.61 Å². The summed E-state index contributed by atoms with van der Waals surface area (Å²) < 4.78 is 2.38. The van der Waals surface area contributed by atoms with Gasteiger partial charge in [0.1, 0.15) is 0 Å². The van der Waals surface area contributed by atoms with Crippen molar-refractivity contribution in [1.29, 1.82) is 0 Å². The van der Waals surface area contributed by atoms with E-state index in [1.807, 2.05) is 0 Å². The summed E-state index contributed by atoms with van der Waals surface area (Å²) in [7, 11) is 0. The van der Waals surface area contributed by atoms with Crippen LogP contribution >= 0.6 is 0 Å². The molecule has 1 aliphatic heterocycles. The second-order valence-corrected chi connectivity index (χ2v) is 2.99. The molecule has 1 fully saturated rings. The summed E-state index contributed by atoms with van der Waals surface area (Å²) in [5, 5.41) is 0. The van der Waals surface area contributed by atoms with Crippen molar-refractivity contribution in [3.63, 3.8) is 0 Å². The zero-order chi connectivity index (χ0) is 2.99. The first-order valence-electron chi connectivity index (χ1n) is 1.45. The van der Waals surface area contributed by atoms with Crippen molar-refractivity contribution in [3.8, 4) is 0 Å². The Hall–Kier alpha value is 0.596. The van der Waals surface area contributed by atoms with E-state index in [1.165, 1.54) is 31.9 Å². The van der Waals surface area contributed by atoms with Crippen LogP contribution in [0.4, 0.5) is 0 Å². The number of hydrogen-bond donors (Lipinski definition) is 0. The Morgan fingerprint density at radius 2 is 1.75 bits per heavy atom. The normalized spacial score (nSPS) is 26.0. The SMILES string of the molecule is [GaH][N]1CC1. The van der Waals surface area contributed by atoms with E-state index < -0.39 is 0 Å². The van der Waals surface area contributed by atoms with Crippen LogP contribution in [0.5, 0.6) is 0 Å². The van der Waals surface area contributed by atoms with Crippen LogP contribution < -0.4 is 0 Å². The van der Waals surface area contributed by atoms with Crippen LogP contribution in [0.1, 0.15) is 0 Å². The summed E-state index contributed by atoms with van der Waals surface area (Å²) in [5.41, 5.74) is 0. The molecule has 0 N–H and O–H groups in total. The van der Waals surface area contributed by atoms with Crippen molar-refractivity contribution in [2.45, 2.75) is 0 Å². The molecule has 1 aliphatic rings. The molecule has 1 radical (unpaired) electrons. The van der Waals surface area contributed by atoms with Crippen LogP contribution in [0.25, 0.3) is 0 Å². The minimum atomic E-state index is 1.38. The Labute approximate surface area is 36.2 Å². The second-order valence-electron chi connectivity index (χ2n) is 1.12. The quantitative estimate of drug-likeness (QED) is 0.291. The van der Waals surface area contributed by atoms with Gasteiger partial charge >= 0.3 is 35.5 Å². The summed E-state index contributed by atoms with van der Waals surface area (Å²) in [5.74, 6) is 0. The third-order valence-corrected chi connectivity index (χ3v) is 1.87. The molecule has 1 nitrogen and oxygen atoms in total. The molecule has 21 valence electrons. The van der Waals surface area contributed by atoms with Gasteiger partial charge in [-0.2, -0.15) is 0 Å². The van der Waals surface area contributed by atoms with E-state index in [0.717, 1.165) is 0 Å². The van der Waals surface area contributed by atoms with Crippen molar-refractivity contribution < 1.29 is 0 Å². The van der Waals surface area contributed by atoms with Gasteiger partial charge in [-0.05, 0) is 0 Å². The van der Waals surface area contributed by atoms with Gasteiger partial charge < -0.3 is 0 Å². The fourth-order valence-corrected chi connectivity index (χ4v) is 0.367. The Bertz CT molecular complexity index is 25.2. The van der Waals surface area contributed by atoms with Crippen LogP contribution in [0.3, 0.4) is 0 Å². The average molecular weight is 113 g/mol. The van der Waals surface area contributed by atoms with E-state index in [-0.39, 0.29) is 0 Å². The first kappa shape index (κ1) is 2.81. The Morgan fingerprint density at radius 3 is 1.75 bits per heavy atom. The molecular weight excluding hydrogens is 108 g/mol. The molecule has 0 spiro atoms. The first-order valence-corrected chi connectivity index (χ1v) is 2.78. The molecule has 4 heavy (non-hydrogen) atoms. The van der Waals surface area contributed by atoms with Crippen molar-refractivity contribution in [1.82, 2.24) is 3.61 Å². The van der Waals surface area contributed by atoms with Gasteiger partial charge in [-0.3, -0.25) is 0 Å². The third-order valence-electron chi connectivity index (χ3n) is 0.540. The van der Waals surface area contributed by atoms with Gasteiger partial charge in [0.05, 0.1) is 0 Å². The van der Waals surface area contributed by atoms with Crippen molar-refractivity contribution in [2.75, 3.05) is 13.1 Å². The third kappa shape index (κ3) is 0.512. The molecule has 0 saturated carbocycles. The summed E-state index contributed by atoms with van der Waals surface area (Å²) in [6.07, 6.45) is 0. The monoisotopic (exact) mass is 112 g/mol. The zero-order valence-electron chi connectivity index (χ0n) is 2.57. The fraction of sp³-hybridized carbons (Fsp3) is 1.00. The van der Waals surface area contributed by atoms with Crippen molar-refractivity contribution in [2.24, 2.45) is 0 Å². The molecule has 0 aromatic carbocycles. The first-order chi connectivity index (χ1) is 1.89. The van der Waals surface area contributed by atoms with E-state index >= 15 is 0 Å². The molecule has 0 unspecified atom stereocenters. The van der Waals surface area contributed by atoms with E-state index in [4.69, 9.17) is 0 Å². The summed E-state index contributed by atoms with van der Waals surface area (Å²) in [4.78, 5) is 0. The molecule has 0 bridgehead atoms. The molecule has 1 rings (SSSR count). The predicted molar refractivity (Wildman–Crippen MR) is 18.7 cm³/mol. The summed E-state index contributed by atoms with van der Waals surface area (Å²) in [6.45, 7) is 2.75. The topological polar surface area (TPSA) is 3.01 Å². The van der Waals surface area contributed by atoms with E-state index in [1.54, 1.807) is 0 Å². The average Bonchev–Trinajstić information content (AvgIpc) is 1.75. The van der Waals surface area contributed by atoms with E-state index in [0.29, 0.717) is 0 Å². The van der Waals surface area contributed by atoms with Gasteiger partial charge in [0.15, 0.2) is 0 Å². The zero-order valence-corrected chi connectivity index (χ0v) is 5.54. The van der Waals surface area contributed by atoms with Crippen LogP contribution in [0, 0.1) is 0 Å². The molecule has 0 amide bonds. The molecular formula is C2H5GaN. The number of nitrogens with zero attached hydrogens (tertiary/aromatic N) is 1. The van der Waals surface area contributed by atoms with Crippen LogP contribution in [0.15, 0.2) is 0 Å². The van der Waals surface area contributed by atoms with Gasteiger partial charge in [0, 0.05) is 0 Å². The maximum absolute atomic E-state index is 2.38. The van der Waals surface area contributed by atoms with Crippen LogP contribution in [-0.4, -0.2) is 35.5 Å². The molecule has 2 heteroatoms. The molecule has 1 heterocycles. The number of rotatable bonds is 0. The molecule has 0 aromatic heterocycles. The van der Waals surface area contributed by atoms with Crippen LogP contribution in [0.2, 0.25) is 0 Å². The standard InChI is InChI=1S/C2H4N.Ga.H/c1-2-3-1;;/h1-2H2;;/q-1;+1;. The molecule has 0 atom stereocenters. The summed E-state index contributed by atoms with van der Waals surface area (Å²) in [6, 6.07) is 0. The molecule has 0 aliphatic carbocycles.